The Balaban J connectivity index is 1.65. The molecule has 0 spiro atoms. The number of fused-ring (bicyclic) bond motifs is 1. The van der Waals surface area contributed by atoms with Crippen LogP contribution >= 0.6 is 0 Å². The van der Waals surface area contributed by atoms with Gasteiger partial charge in [0.2, 0.25) is 5.91 Å². The van der Waals surface area contributed by atoms with Crippen LogP contribution in [-0.2, 0) is 11.3 Å². The van der Waals surface area contributed by atoms with Crippen LogP contribution in [0.5, 0.6) is 0 Å². The molecule has 1 saturated heterocycles. The van der Waals surface area contributed by atoms with Crippen LogP contribution in [0.3, 0.4) is 0 Å². The van der Waals surface area contributed by atoms with Gasteiger partial charge in [0.05, 0.1) is 0 Å². The minimum atomic E-state index is -0.425. The smallest absolute Gasteiger partial charge is 0.245 e. The number of hydrogen-bond donors (Lipinski definition) is 2. The molecular weight excluding hydrogens is 288 g/mol. The SMILES string of the molecule is Cc1cccc2c(CN3CC[C@H](CNC(=O)CO)C3)cccc12. The first kappa shape index (κ1) is 16.0. The maximum Gasteiger partial charge on any atom is 0.245 e. The number of benzene rings is 2. The Bertz CT molecular complexity index is 699. The van der Waals surface area contributed by atoms with E-state index in [1.165, 1.54) is 21.9 Å². The third kappa shape index (κ3) is 3.71. The second kappa shape index (κ2) is 7.11. The number of likely N-dealkylation sites (tertiary alicyclic amines) is 1. The highest BCUT2D eigenvalue weighted by Crippen LogP contribution is 2.25. The zero-order chi connectivity index (χ0) is 16.2. The molecule has 2 N–H and O–H groups in total. The van der Waals surface area contributed by atoms with E-state index in [1.54, 1.807) is 0 Å². The molecule has 122 valence electrons. The quantitative estimate of drug-likeness (QED) is 0.889. The number of nitrogens with one attached hydrogen (secondary N) is 1. The van der Waals surface area contributed by atoms with Gasteiger partial charge in [0.1, 0.15) is 6.61 Å². The fourth-order valence-electron chi connectivity index (χ4n) is 3.45. The van der Waals surface area contributed by atoms with Gasteiger partial charge in [-0.05, 0) is 47.7 Å². The highest BCUT2D eigenvalue weighted by Gasteiger charge is 2.23. The number of aliphatic hydroxyl groups excluding tert-OH is 1. The topological polar surface area (TPSA) is 52.6 Å². The van der Waals surface area contributed by atoms with Crippen molar-refractivity contribution in [3.05, 3.63) is 47.5 Å². The molecule has 0 unspecified atom stereocenters. The van der Waals surface area contributed by atoms with Crippen LogP contribution in [0.2, 0.25) is 0 Å². The molecule has 1 aliphatic heterocycles. The summed E-state index contributed by atoms with van der Waals surface area (Å²) in [6.45, 7) is 5.39. The van der Waals surface area contributed by atoms with Crippen LogP contribution in [0.25, 0.3) is 10.8 Å². The predicted octanol–water partition coefficient (Wildman–Crippen LogP) is 2.08. The molecule has 23 heavy (non-hydrogen) atoms. The Morgan fingerprint density at radius 1 is 1.26 bits per heavy atom. The summed E-state index contributed by atoms with van der Waals surface area (Å²) in [5.74, 6) is 0.190. The van der Waals surface area contributed by atoms with E-state index in [-0.39, 0.29) is 5.91 Å². The summed E-state index contributed by atoms with van der Waals surface area (Å²) in [5, 5.41) is 14.2. The first-order chi connectivity index (χ1) is 11.2. The summed E-state index contributed by atoms with van der Waals surface area (Å²) >= 11 is 0. The second-order valence-corrected chi connectivity index (χ2v) is 6.44. The van der Waals surface area contributed by atoms with Crippen LogP contribution in [0, 0.1) is 12.8 Å². The average molecular weight is 312 g/mol. The Kier molecular flexibility index (Phi) is 4.94. The summed E-state index contributed by atoms with van der Waals surface area (Å²) in [4.78, 5) is 13.6. The lowest BCUT2D eigenvalue weighted by atomic mass is 10.0. The van der Waals surface area contributed by atoms with Crippen molar-refractivity contribution in [3.8, 4) is 0 Å². The normalized spacial score (nSPS) is 18.4. The molecule has 1 atom stereocenters. The summed E-state index contributed by atoms with van der Waals surface area (Å²) in [7, 11) is 0. The van der Waals surface area contributed by atoms with E-state index in [1.807, 2.05) is 0 Å². The standard InChI is InChI=1S/C19H24N2O2/c1-14-4-2-7-18-16(5-3-6-17(14)18)12-21-9-8-15(11-21)10-20-19(23)13-22/h2-7,15,22H,8-13H2,1H3,(H,20,23)/t15-/m1/s1. The van der Waals surface area contributed by atoms with Gasteiger partial charge in [-0.3, -0.25) is 9.69 Å². The zero-order valence-corrected chi connectivity index (χ0v) is 13.6. The summed E-state index contributed by atoms with van der Waals surface area (Å²) in [6.07, 6.45) is 1.09. The van der Waals surface area contributed by atoms with Crippen LogP contribution in [0.1, 0.15) is 17.5 Å². The molecule has 1 aliphatic rings. The second-order valence-electron chi connectivity index (χ2n) is 6.44. The van der Waals surface area contributed by atoms with Crippen molar-refractivity contribution in [1.29, 1.82) is 0 Å². The molecule has 4 nitrogen and oxygen atoms in total. The summed E-state index contributed by atoms with van der Waals surface area (Å²) in [5.41, 5.74) is 2.68. The van der Waals surface area contributed by atoms with Crippen LogP contribution in [0.4, 0.5) is 0 Å². The lowest BCUT2D eigenvalue weighted by Crippen LogP contribution is -2.32. The highest BCUT2D eigenvalue weighted by atomic mass is 16.3. The number of aliphatic hydroxyl groups is 1. The Hall–Kier alpha value is -1.91. The fraction of sp³-hybridized carbons (Fsp3) is 0.421. The molecule has 2 aromatic rings. The van der Waals surface area contributed by atoms with Crippen molar-refractivity contribution in [2.45, 2.75) is 19.9 Å². The Morgan fingerprint density at radius 3 is 2.87 bits per heavy atom. The molecule has 4 heteroatoms. The van der Waals surface area contributed by atoms with Gasteiger partial charge in [0.15, 0.2) is 0 Å². The van der Waals surface area contributed by atoms with Crippen molar-refractivity contribution in [1.82, 2.24) is 10.2 Å². The summed E-state index contributed by atoms with van der Waals surface area (Å²) in [6, 6.07) is 13.0. The maximum atomic E-state index is 11.1. The van der Waals surface area contributed by atoms with Gasteiger partial charge in [-0.25, -0.2) is 0 Å². The van der Waals surface area contributed by atoms with E-state index < -0.39 is 6.61 Å². The molecule has 1 fully saturated rings. The number of aryl methyl sites for hydroxylation is 1. The molecule has 0 bridgehead atoms. The van der Waals surface area contributed by atoms with Crippen LogP contribution < -0.4 is 5.32 Å². The van der Waals surface area contributed by atoms with Crippen molar-refractivity contribution in [2.24, 2.45) is 5.92 Å². The molecule has 1 amide bonds. The number of hydrogen-bond acceptors (Lipinski definition) is 3. The van der Waals surface area contributed by atoms with Gasteiger partial charge < -0.3 is 10.4 Å². The summed E-state index contributed by atoms with van der Waals surface area (Å²) < 4.78 is 0. The van der Waals surface area contributed by atoms with E-state index in [0.29, 0.717) is 12.5 Å². The van der Waals surface area contributed by atoms with E-state index in [9.17, 15) is 4.79 Å². The monoisotopic (exact) mass is 312 g/mol. The van der Waals surface area contributed by atoms with Crippen molar-refractivity contribution in [3.63, 3.8) is 0 Å². The van der Waals surface area contributed by atoms with Gasteiger partial charge in [-0.2, -0.15) is 0 Å². The van der Waals surface area contributed by atoms with Gasteiger partial charge in [-0.15, -0.1) is 0 Å². The van der Waals surface area contributed by atoms with E-state index in [0.717, 1.165) is 26.1 Å². The number of nitrogens with zero attached hydrogens (tertiary/aromatic N) is 1. The molecule has 0 aromatic heterocycles. The fourth-order valence-corrected chi connectivity index (χ4v) is 3.45. The third-order valence-corrected chi connectivity index (χ3v) is 4.73. The van der Waals surface area contributed by atoms with Gasteiger partial charge in [0.25, 0.3) is 0 Å². The number of amides is 1. The Labute approximate surface area is 137 Å². The van der Waals surface area contributed by atoms with Crippen molar-refractivity contribution >= 4 is 16.7 Å². The zero-order valence-electron chi connectivity index (χ0n) is 13.6. The molecule has 0 saturated carbocycles. The van der Waals surface area contributed by atoms with E-state index >= 15 is 0 Å². The minimum absolute atomic E-state index is 0.284. The van der Waals surface area contributed by atoms with Gasteiger partial charge in [0, 0.05) is 19.6 Å². The third-order valence-electron chi connectivity index (χ3n) is 4.73. The van der Waals surface area contributed by atoms with Crippen molar-refractivity contribution in [2.75, 3.05) is 26.2 Å². The number of carbonyl (C=O) groups is 1. The van der Waals surface area contributed by atoms with Gasteiger partial charge >= 0.3 is 0 Å². The molecule has 0 radical (unpaired) electrons. The first-order valence-electron chi connectivity index (χ1n) is 8.24. The lowest BCUT2D eigenvalue weighted by molar-refractivity contribution is -0.123. The largest absolute Gasteiger partial charge is 0.387 e. The maximum absolute atomic E-state index is 11.1. The first-order valence-corrected chi connectivity index (χ1v) is 8.24. The van der Waals surface area contributed by atoms with Crippen LogP contribution in [-0.4, -0.2) is 42.2 Å². The molecule has 3 rings (SSSR count). The highest BCUT2D eigenvalue weighted by molar-refractivity contribution is 5.88. The Morgan fingerprint density at radius 2 is 2.04 bits per heavy atom. The minimum Gasteiger partial charge on any atom is -0.387 e. The predicted molar refractivity (Wildman–Crippen MR) is 92.2 cm³/mol. The molecule has 2 aromatic carbocycles. The number of carbonyl (C=O) groups excluding carboxylic acids is 1. The van der Waals surface area contributed by atoms with Crippen LogP contribution in [0.15, 0.2) is 36.4 Å². The number of rotatable bonds is 5. The van der Waals surface area contributed by atoms with E-state index in [4.69, 9.17) is 5.11 Å². The lowest BCUT2D eigenvalue weighted by Gasteiger charge is -2.18. The van der Waals surface area contributed by atoms with E-state index in [2.05, 4.69) is 53.5 Å². The molecule has 0 aliphatic carbocycles. The van der Waals surface area contributed by atoms with Crippen molar-refractivity contribution < 1.29 is 9.90 Å². The average Bonchev–Trinajstić information content (AvgIpc) is 3.01. The molecule has 1 heterocycles. The molecular formula is C19H24N2O2. The van der Waals surface area contributed by atoms with Gasteiger partial charge in [-0.1, -0.05) is 36.4 Å².